The van der Waals surface area contributed by atoms with Crippen molar-refractivity contribution >= 4 is 39.1 Å². The molecule has 0 atom stereocenters. The van der Waals surface area contributed by atoms with Crippen LogP contribution in [0.5, 0.6) is 5.75 Å². The molecule has 0 aliphatic rings. The highest BCUT2D eigenvalue weighted by atomic mass is 32.2. The van der Waals surface area contributed by atoms with E-state index in [0.29, 0.717) is 22.7 Å². The minimum Gasteiger partial charge on any atom is -0.495 e. The lowest BCUT2D eigenvalue weighted by atomic mass is 10.2. The molecule has 0 radical (unpaired) electrons. The first kappa shape index (κ1) is 21.7. The Kier molecular flexibility index (Phi) is 7.02. The molecule has 156 valence electrons. The fourth-order valence-electron chi connectivity index (χ4n) is 2.78. The zero-order valence-corrected chi connectivity index (χ0v) is 18.2. The van der Waals surface area contributed by atoms with Crippen molar-refractivity contribution in [1.82, 2.24) is 0 Å². The molecular weight excluding hydrogens is 420 g/mol. The van der Waals surface area contributed by atoms with Gasteiger partial charge >= 0.3 is 0 Å². The normalized spacial score (nSPS) is 11.0. The Morgan fingerprint density at radius 2 is 1.63 bits per heavy atom. The summed E-state index contributed by atoms with van der Waals surface area (Å²) in [4.78, 5) is 13.6. The zero-order chi connectivity index (χ0) is 21.6. The van der Waals surface area contributed by atoms with E-state index < -0.39 is 10.0 Å². The first-order chi connectivity index (χ1) is 14.4. The number of sulfonamides is 1. The van der Waals surface area contributed by atoms with Gasteiger partial charge < -0.3 is 10.1 Å². The van der Waals surface area contributed by atoms with Crippen LogP contribution in [0.25, 0.3) is 0 Å². The number of methoxy groups -OCH3 is 1. The maximum absolute atomic E-state index is 12.7. The van der Waals surface area contributed by atoms with Crippen molar-refractivity contribution < 1.29 is 17.9 Å². The molecule has 0 saturated heterocycles. The van der Waals surface area contributed by atoms with Gasteiger partial charge in [0.1, 0.15) is 5.75 Å². The van der Waals surface area contributed by atoms with Crippen LogP contribution in [0.2, 0.25) is 0 Å². The van der Waals surface area contributed by atoms with Gasteiger partial charge in [0.05, 0.1) is 23.3 Å². The lowest BCUT2D eigenvalue weighted by Crippen LogP contribution is -2.15. The van der Waals surface area contributed by atoms with Crippen molar-refractivity contribution in [3.8, 4) is 5.75 Å². The smallest absolute Gasteiger partial charge is 0.262 e. The highest BCUT2D eigenvalue weighted by Gasteiger charge is 2.17. The second-order valence-corrected chi connectivity index (χ2v) is 9.20. The summed E-state index contributed by atoms with van der Waals surface area (Å²) in [6.45, 7) is 2.03. The number of benzene rings is 3. The summed E-state index contributed by atoms with van der Waals surface area (Å²) in [5.74, 6) is 1.04. The number of ether oxygens (including phenoxy) is 1. The molecule has 0 unspecified atom stereocenters. The number of rotatable bonds is 8. The minimum absolute atomic E-state index is 0.0772. The van der Waals surface area contributed by atoms with Crippen molar-refractivity contribution in [2.45, 2.75) is 16.7 Å². The molecule has 8 heteroatoms. The summed E-state index contributed by atoms with van der Waals surface area (Å²) >= 11 is 1.59. The largest absolute Gasteiger partial charge is 0.495 e. The van der Waals surface area contributed by atoms with Gasteiger partial charge in [-0.05, 0) is 54.3 Å². The fraction of sp³-hybridized carbons (Fsp3) is 0.136. The highest BCUT2D eigenvalue weighted by molar-refractivity contribution is 7.99. The summed E-state index contributed by atoms with van der Waals surface area (Å²) in [5.41, 5.74) is 1.44. The third-order valence-corrected chi connectivity index (χ3v) is 6.54. The lowest BCUT2D eigenvalue weighted by molar-refractivity contribution is 0.102. The molecule has 3 aromatic carbocycles. The van der Waals surface area contributed by atoms with Gasteiger partial charge in [-0.2, -0.15) is 0 Å². The number of hydrogen-bond acceptors (Lipinski definition) is 5. The Morgan fingerprint density at radius 3 is 2.33 bits per heavy atom. The average Bonchev–Trinajstić information content (AvgIpc) is 2.75. The predicted octanol–water partition coefficient (Wildman–Crippen LogP) is 4.86. The Balaban J connectivity index is 1.75. The average molecular weight is 443 g/mol. The first-order valence-corrected chi connectivity index (χ1v) is 11.7. The monoisotopic (exact) mass is 442 g/mol. The first-order valence-electron chi connectivity index (χ1n) is 9.23. The number of thioether (sulfide) groups is 1. The summed E-state index contributed by atoms with van der Waals surface area (Å²) in [5, 5.41) is 2.82. The minimum atomic E-state index is -3.80. The molecular formula is C22H22N2O4S2. The van der Waals surface area contributed by atoms with Crippen LogP contribution >= 0.6 is 11.8 Å². The molecule has 0 aliphatic carbocycles. The molecule has 0 aromatic heterocycles. The third kappa shape index (κ3) is 5.14. The number of anilines is 2. The second kappa shape index (κ2) is 9.69. The van der Waals surface area contributed by atoms with Gasteiger partial charge in [-0.25, -0.2) is 8.42 Å². The highest BCUT2D eigenvalue weighted by Crippen LogP contribution is 2.27. The Hall–Kier alpha value is -2.97. The SMILES string of the molecule is CCSc1ccccc1C(=O)Nc1ccc(S(=O)(=O)Nc2ccccc2OC)cc1. The second-order valence-electron chi connectivity index (χ2n) is 6.21. The number of carbonyl (C=O) groups excluding carboxylic acids is 1. The van der Waals surface area contributed by atoms with Crippen LogP contribution in [0.1, 0.15) is 17.3 Å². The van der Waals surface area contributed by atoms with Crippen molar-refractivity contribution in [3.05, 3.63) is 78.4 Å². The van der Waals surface area contributed by atoms with E-state index in [9.17, 15) is 13.2 Å². The maximum Gasteiger partial charge on any atom is 0.262 e. The van der Waals surface area contributed by atoms with E-state index in [2.05, 4.69) is 10.0 Å². The third-order valence-electron chi connectivity index (χ3n) is 4.21. The number of hydrogen-bond donors (Lipinski definition) is 2. The fourth-order valence-corrected chi connectivity index (χ4v) is 4.66. The van der Waals surface area contributed by atoms with Crippen LogP contribution in [0.3, 0.4) is 0 Å². The van der Waals surface area contributed by atoms with E-state index in [1.807, 2.05) is 25.1 Å². The molecule has 0 saturated carbocycles. The van der Waals surface area contributed by atoms with Crippen LogP contribution in [-0.4, -0.2) is 27.2 Å². The van der Waals surface area contributed by atoms with E-state index in [1.165, 1.54) is 19.2 Å². The standard InChI is InChI=1S/C22H22N2O4S2/c1-3-29-21-11-7-4-8-18(21)22(25)23-16-12-14-17(15-13-16)30(26,27)24-19-9-5-6-10-20(19)28-2/h4-15,24H,3H2,1-2H3,(H,23,25). The molecule has 0 fully saturated rings. The van der Waals surface area contributed by atoms with Crippen molar-refractivity contribution in [3.63, 3.8) is 0 Å². The molecule has 3 aromatic rings. The molecule has 6 nitrogen and oxygen atoms in total. The zero-order valence-electron chi connectivity index (χ0n) is 16.6. The summed E-state index contributed by atoms with van der Waals surface area (Å²) in [7, 11) is -2.33. The topological polar surface area (TPSA) is 84.5 Å². The number of amides is 1. The lowest BCUT2D eigenvalue weighted by Gasteiger charge is -2.12. The molecule has 0 aliphatic heterocycles. The predicted molar refractivity (Wildman–Crippen MR) is 121 cm³/mol. The van der Waals surface area contributed by atoms with Crippen LogP contribution < -0.4 is 14.8 Å². The Morgan fingerprint density at radius 1 is 0.967 bits per heavy atom. The van der Waals surface area contributed by atoms with Gasteiger partial charge in [-0.1, -0.05) is 31.2 Å². The summed E-state index contributed by atoms with van der Waals surface area (Å²) in [6.07, 6.45) is 0. The van der Waals surface area contributed by atoms with E-state index in [-0.39, 0.29) is 10.8 Å². The number of para-hydroxylation sites is 2. The quantitative estimate of drug-likeness (QED) is 0.487. The van der Waals surface area contributed by atoms with Gasteiger partial charge in [0.15, 0.2) is 0 Å². The molecule has 0 bridgehead atoms. The van der Waals surface area contributed by atoms with Crippen molar-refractivity contribution in [1.29, 1.82) is 0 Å². The van der Waals surface area contributed by atoms with Gasteiger partial charge in [0.25, 0.3) is 15.9 Å². The van der Waals surface area contributed by atoms with E-state index in [4.69, 9.17) is 4.74 Å². The van der Waals surface area contributed by atoms with Gasteiger partial charge in [-0.3, -0.25) is 9.52 Å². The van der Waals surface area contributed by atoms with Crippen LogP contribution in [-0.2, 0) is 10.0 Å². The number of nitrogens with one attached hydrogen (secondary N) is 2. The van der Waals surface area contributed by atoms with Crippen LogP contribution in [0, 0.1) is 0 Å². The van der Waals surface area contributed by atoms with Gasteiger partial charge in [-0.15, -0.1) is 11.8 Å². The maximum atomic E-state index is 12.7. The molecule has 30 heavy (non-hydrogen) atoms. The Labute approximate surface area is 180 Å². The number of carbonyl (C=O) groups is 1. The van der Waals surface area contributed by atoms with Crippen molar-refractivity contribution in [2.24, 2.45) is 0 Å². The van der Waals surface area contributed by atoms with E-state index in [1.54, 1.807) is 54.2 Å². The Bertz CT molecular complexity index is 1130. The molecule has 3 rings (SSSR count). The summed E-state index contributed by atoms with van der Waals surface area (Å²) < 4.78 is 33.1. The van der Waals surface area contributed by atoms with Gasteiger partial charge in [0.2, 0.25) is 0 Å². The van der Waals surface area contributed by atoms with Crippen LogP contribution in [0.15, 0.2) is 82.6 Å². The van der Waals surface area contributed by atoms with Crippen molar-refractivity contribution in [2.75, 3.05) is 22.9 Å². The van der Waals surface area contributed by atoms with E-state index in [0.717, 1.165) is 10.6 Å². The summed E-state index contributed by atoms with van der Waals surface area (Å²) in [6, 6.07) is 20.2. The molecule has 1 amide bonds. The molecule has 0 heterocycles. The van der Waals surface area contributed by atoms with Gasteiger partial charge in [0, 0.05) is 10.6 Å². The van der Waals surface area contributed by atoms with Crippen LogP contribution in [0.4, 0.5) is 11.4 Å². The molecule has 0 spiro atoms. The molecule has 2 N–H and O–H groups in total. The van der Waals surface area contributed by atoms with E-state index >= 15 is 0 Å².